The van der Waals surface area contributed by atoms with E-state index in [1.807, 2.05) is 24.0 Å². The second kappa shape index (κ2) is 6.89. The number of pyridine rings is 1. The molecule has 0 spiro atoms. The first-order valence-corrected chi connectivity index (χ1v) is 8.80. The van der Waals surface area contributed by atoms with E-state index in [0.717, 1.165) is 31.2 Å². The van der Waals surface area contributed by atoms with E-state index in [9.17, 15) is 9.59 Å². The summed E-state index contributed by atoms with van der Waals surface area (Å²) in [4.78, 5) is 31.0. The molecule has 0 atom stereocenters. The van der Waals surface area contributed by atoms with Gasteiger partial charge in [0.05, 0.1) is 5.54 Å². The highest BCUT2D eigenvalue weighted by Crippen LogP contribution is 2.30. The van der Waals surface area contributed by atoms with Crippen LogP contribution in [0.15, 0.2) is 18.3 Å². The van der Waals surface area contributed by atoms with Gasteiger partial charge in [-0.25, -0.2) is 4.98 Å². The molecule has 24 heavy (non-hydrogen) atoms. The predicted molar refractivity (Wildman–Crippen MR) is 92.3 cm³/mol. The summed E-state index contributed by atoms with van der Waals surface area (Å²) in [5.74, 6) is 0.561. The van der Waals surface area contributed by atoms with Crippen molar-refractivity contribution >= 4 is 17.6 Å². The molecule has 2 amide bonds. The third kappa shape index (κ3) is 3.59. The molecular weight excluding hydrogens is 304 g/mol. The van der Waals surface area contributed by atoms with Crippen molar-refractivity contribution in [3.8, 4) is 0 Å². The van der Waals surface area contributed by atoms with Gasteiger partial charge in [0.2, 0.25) is 11.8 Å². The van der Waals surface area contributed by atoms with Crippen LogP contribution in [-0.2, 0) is 9.59 Å². The second-order valence-electron chi connectivity index (χ2n) is 7.14. The van der Waals surface area contributed by atoms with Gasteiger partial charge in [-0.15, -0.1) is 0 Å². The second-order valence-corrected chi connectivity index (χ2v) is 7.14. The van der Waals surface area contributed by atoms with Crippen LogP contribution in [0.5, 0.6) is 0 Å². The summed E-state index contributed by atoms with van der Waals surface area (Å²) in [5, 5.41) is 2.87. The highest BCUT2D eigenvalue weighted by Gasteiger charge is 2.41. The lowest BCUT2D eigenvalue weighted by Crippen LogP contribution is -2.55. The topological polar surface area (TPSA) is 88.3 Å². The normalized spacial score (nSPS) is 20.8. The Morgan fingerprint density at radius 1 is 1.25 bits per heavy atom. The van der Waals surface area contributed by atoms with Crippen LogP contribution in [0, 0.1) is 12.8 Å². The molecule has 1 saturated heterocycles. The summed E-state index contributed by atoms with van der Waals surface area (Å²) in [6.45, 7) is 3.17. The Bertz CT molecular complexity index is 600. The average molecular weight is 330 g/mol. The van der Waals surface area contributed by atoms with Crippen LogP contribution < -0.4 is 11.1 Å². The monoisotopic (exact) mass is 330 g/mol. The van der Waals surface area contributed by atoms with Crippen molar-refractivity contribution in [3.05, 3.63) is 23.9 Å². The summed E-state index contributed by atoms with van der Waals surface area (Å²) >= 11 is 0. The number of hydrogen-bond donors (Lipinski definition) is 2. The number of amides is 2. The summed E-state index contributed by atoms with van der Waals surface area (Å²) in [5.41, 5.74) is 6.66. The number of aryl methyl sites for hydroxylation is 1. The minimum absolute atomic E-state index is 0.0122. The van der Waals surface area contributed by atoms with Crippen LogP contribution in [-0.4, -0.2) is 40.3 Å². The van der Waals surface area contributed by atoms with Crippen LogP contribution >= 0.6 is 0 Å². The van der Waals surface area contributed by atoms with Gasteiger partial charge in [0.25, 0.3) is 0 Å². The molecule has 0 aromatic carbocycles. The minimum Gasteiger partial charge on any atom is -0.341 e. The Morgan fingerprint density at radius 2 is 1.92 bits per heavy atom. The largest absolute Gasteiger partial charge is 0.341 e. The summed E-state index contributed by atoms with van der Waals surface area (Å²) in [7, 11) is 0. The Labute approximate surface area is 142 Å². The summed E-state index contributed by atoms with van der Waals surface area (Å²) in [6, 6.07) is 3.73. The van der Waals surface area contributed by atoms with E-state index in [-0.39, 0.29) is 17.7 Å². The van der Waals surface area contributed by atoms with Crippen LogP contribution in [0.4, 0.5) is 5.82 Å². The molecule has 2 heterocycles. The number of carbonyl (C=O) groups is 2. The van der Waals surface area contributed by atoms with Crippen molar-refractivity contribution < 1.29 is 9.59 Å². The average Bonchev–Trinajstić information content (AvgIpc) is 3.04. The maximum absolute atomic E-state index is 12.6. The quantitative estimate of drug-likeness (QED) is 0.885. The molecule has 2 fully saturated rings. The molecule has 6 heteroatoms. The number of likely N-dealkylation sites (tertiary alicyclic amines) is 1. The number of nitrogens with one attached hydrogen (secondary N) is 1. The van der Waals surface area contributed by atoms with Gasteiger partial charge in [0.1, 0.15) is 5.82 Å². The standard InChI is InChI=1S/C18H26N4O2/c1-13-4-5-15(20-12-13)21-16(23)14-6-10-22(11-7-14)17(24)18(19)8-2-3-9-18/h4-5,12,14H,2-3,6-11,19H2,1H3,(H,20,21,23). The number of aromatic nitrogens is 1. The molecule has 0 unspecified atom stereocenters. The first-order valence-electron chi connectivity index (χ1n) is 8.80. The molecule has 1 aromatic rings. The predicted octanol–water partition coefficient (Wildman–Crippen LogP) is 1.84. The first-order chi connectivity index (χ1) is 11.5. The maximum atomic E-state index is 12.6. The number of rotatable bonds is 3. The molecule has 0 bridgehead atoms. The zero-order valence-corrected chi connectivity index (χ0v) is 14.3. The van der Waals surface area contributed by atoms with Crippen LogP contribution in [0.2, 0.25) is 0 Å². The number of nitrogens with two attached hydrogens (primary N) is 1. The summed E-state index contributed by atoms with van der Waals surface area (Å²) in [6.07, 6.45) is 6.73. The van der Waals surface area contributed by atoms with Crippen molar-refractivity contribution in [1.29, 1.82) is 0 Å². The number of piperidine rings is 1. The van der Waals surface area contributed by atoms with E-state index in [4.69, 9.17) is 5.73 Å². The van der Waals surface area contributed by atoms with Gasteiger partial charge in [0.15, 0.2) is 0 Å². The molecule has 1 aliphatic carbocycles. The van der Waals surface area contributed by atoms with E-state index >= 15 is 0 Å². The number of hydrogen-bond acceptors (Lipinski definition) is 4. The molecule has 1 aromatic heterocycles. The van der Waals surface area contributed by atoms with E-state index in [2.05, 4.69) is 10.3 Å². The maximum Gasteiger partial charge on any atom is 0.242 e. The number of nitrogens with zero attached hydrogens (tertiary/aromatic N) is 2. The minimum atomic E-state index is -0.666. The fraction of sp³-hybridized carbons (Fsp3) is 0.611. The lowest BCUT2D eigenvalue weighted by molar-refractivity contribution is -0.139. The van der Waals surface area contributed by atoms with Crippen molar-refractivity contribution in [3.63, 3.8) is 0 Å². The molecule has 1 aliphatic heterocycles. The van der Waals surface area contributed by atoms with Crippen molar-refractivity contribution in [2.24, 2.45) is 11.7 Å². The number of carbonyl (C=O) groups excluding carboxylic acids is 2. The fourth-order valence-corrected chi connectivity index (χ4v) is 3.65. The Balaban J connectivity index is 1.52. The van der Waals surface area contributed by atoms with Gasteiger partial charge in [0, 0.05) is 25.2 Å². The lowest BCUT2D eigenvalue weighted by atomic mass is 9.92. The molecule has 0 radical (unpaired) electrons. The highest BCUT2D eigenvalue weighted by molar-refractivity contribution is 5.92. The molecule has 3 rings (SSSR count). The van der Waals surface area contributed by atoms with Crippen LogP contribution in [0.25, 0.3) is 0 Å². The van der Waals surface area contributed by atoms with Gasteiger partial charge < -0.3 is 16.0 Å². The molecule has 2 aliphatic rings. The van der Waals surface area contributed by atoms with Crippen LogP contribution in [0.3, 0.4) is 0 Å². The van der Waals surface area contributed by atoms with E-state index in [1.54, 1.807) is 6.20 Å². The van der Waals surface area contributed by atoms with Gasteiger partial charge in [-0.2, -0.15) is 0 Å². The van der Waals surface area contributed by atoms with Crippen LogP contribution in [0.1, 0.15) is 44.1 Å². The lowest BCUT2D eigenvalue weighted by Gasteiger charge is -2.36. The third-order valence-corrected chi connectivity index (χ3v) is 5.24. The van der Waals surface area contributed by atoms with Gasteiger partial charge in [-0.05, 0) is 44.2 Å². The van der Waals surface area contributed by atoms with Crippen molar-refractivity contribution in [2.75, 3.05) is 18.4 Å². The fourth-order valence-electron chi connectivity index (χ4n) is 3.65. The molecular formula is C18H26N4O2. The SMILES string of the molecule is Cc1ccc(NC(=O)C2CCN(C(=O)C3(N)CCCC3)CC2)nc1. The molecule has 3 N–H and O–H groups in total. The van der Waals surface area contributed by atoms with E-state index in [1.165, 1.54) is 0 Å². The van der Waals surface area contributed by atoms with Gasteiger partial charge in [-0.3, -0.25) is 9.59 Å². The molecule has 130 valence electrons. The van der Waals surface area contributed by atoms with Gasteiger partial charge >= 0.3 is 0 Å². The third-order valence-electron chi connectivity index (χ3n) is 5.24. The zero-order chi connectivity index (χ0) is 17.2. The zero-order valence-electron chi connectivity index (χ0n) is 14.3. The van der Waals surface area contributed by atoms with Crippen molar-refractivity contribution in [1.82, 2.24) is 9.88 Å². The molecule has 1 saturated carbocycles. The Kier molecular flexibility index (Phi) is 4.85. The Hall–Kier alpha value is -1.95. The van der Waals surface area contributed by atoms with Gasteiger partial charge in [-0.1, -0.05) is 18.9 Å². The smallest absolute Gasteiger partial charge is 0.242 e. The number of anilines is 1. The summed E-state index contributed by atoms with van der Waals surface area (Å²) < 4.78 is 0. The first kappa shape index (κ1) is 16.9. The van der Waals surface area contributed by atoms with E-state index < -0.39 is 5.54 Å². The van der Waals surface area contributed by atoms with Crippen molar-refractivity contribution in [2.45, 2.75) is 51.0 Å². The van der Waals surface area contributed by atoms with E-state index in [0.29, 0.717) is 31.7 Å². The molecule has 6 nitrogen and oxygen atoms in total. The highest BCUT2D eigenvalue weighted by atomic mass is 16.2. The Morgan fingerprint density at radius 3 is 2.50 bits per heavy atom.